The number of anilines is 1. The van der Waals surface area contributed by atoms with Crippen LogP contribution >= 0.6 is 0 Å². The van der Waals surface area contributed by atoms with Gasteiger partial charge in [-0.05, 0) is 17.7 Å². The summed E-state index contributed by atoms with van der Waals surface area (Å²) in [6, 6.07) is 6.81. The predicted octanol–water partition coefficient (Wildman–Crippen LogP) is 0.980. The van der Waals surface area contributed by atoms with E-state index in [2.05, 4.69) is 5.43 Å². The van der Waals surface area contributed by atoms with Crippen molar-refractivity contribution in [3.8, 4) is 0 Å². The van der Waals surface area contributed by atoms with Crippen LogP contribution in [0.2, 0.25) is 0 Å². The number of nitrogens with one attached hydrogen (secondary N) is 2. The lowest BCUT2D eigenvalue weighted by Gasteiger charge is -2.02. The maximum Gasteiger partial charge on any atom is 0.0682 e. The van der Waals surface area contributed by atoms with Crippen LogP contribution in [0, 0.1) is 0 Å². The third kappa shape index (κ3) is 2.18. The van der Waals surface area contributed by atoms with E-state index in [1.165, 1.54) is 5.65 Å². The van der Waals surface area contributed by atoms with E-state index in [1.54, 1.807) is 24.3 Å². The summed E-state index contributed by atoms with van der Waals surface area (Å²) in [6.07, 6.45) is 0. The predicted molar refractivity (Wildman–Crippen MR) is 40.2 cm³/mol. The first-order valence-electron chi connectivity index (χ1n) is 3.18. The highest BCUT2D eigenvalue weighted by Crippen LogP contribution is 2.08. The molecule has 0 aliphatic heterocycles. The number of hydrazine groups is 1. The van der Waals surface area contributed by atoms with Crippen molar-refractivity contribution in [3.05, 3.63) is 29.8 Å². The first kappa shape index (κ1) is 7.97. The lowest BCUT2D eigenvalue weighted by molar-refractivity contribution is 0.282. The molecule has 0 saturated carbocycles. The van der Waals surface area contributed by atoms with Crippen LogP contribution in [0.25, 0.3) is 0 Å². The Bertz CT molecular complexity index is 229. The minimum Gasteiger partial charge on any atom is -0.392 e. The van der Waals surface area contributed by atoms with Crippen LogP contribution in [0.4, 0.5) is 10.2 Å². The number of hydrogen-bond acceptors (Lipinski definition) is 3. The van der Waals surface area contributed by atoms with Gasteiger partial charge in [0.25, 0.3) is 0 Å². The molecule has 0 bridgehead atoms. The summed E-state index contributed by atoms with van der Waals surface area (Å²) >= 11 is 0. The van der Waals surface area contributed by atoms with Crippen LogP contribution in [-0.4, -0.2) is 5.11 Å². The molecular weight excluding hydrogens is 147 g/mol. The van der Waals surface area contributed by atoms with E-state index in [-0.39, 0.29) is 6.61 Å². The van der Waals surface area contributed by atoms with Crippen molar-refractivity contribution in [2.24, 2.45) is 0 Å². The number of benzene rings is 1. The van der Waals surface area contributed by atoms with E-state index in [1.807, 2.05) is 0 Å². The third-order valence-electron chi connectivity index (χ3n) is 1.30. The number of aliphatic hydroxyl groups excluding tert-OH is 1. The molecule has 0 heterocycles. The Morgan fingerprint density at radius 1 is 1.45 bits per heavy atom. The van der Waals surface area contributed by atoms with Gasteiger partial charge in [-0.25, -0.2) is 0 Å². The molecule has 0 radical (unpaired) electrons. The van der Waals surface area contributed by atoms with Crippen LogP contribution in [0.15, 0.2) is 24.3 Å². The Hall–Kier alpha value is -1.13. The Kier molecular flexibility index (Phi) is 2.83. The molecule has 0 aliphatic carbocycles. The first-order valence-corrected chi connectivity index (χ1v) is 3.18. The van der Waals surface area contributed by atoms with E-state index in [0.717, 1.165) is 5.56 Å². The van der Waals surface area contributed by atoms with E-state index in [4.69, 9.17) is 5.11 Å². The maximum atomic E-state index is 11.5. The highest BCUT2D eigenvalue weighted by atomic mass is 19.2. The summed E-state index contributed by atoms with van der Waals surface area (Å²) in [5, 5.41) is 8.69. The number of halogens is 1. The fourth-order valence-electron chi connectivity index (χ4n) is 0.802. The van der Waals surface area contributed by atoms with Crippen LogP contribution in [-0.2, 0) is 6.61 Å². The molecule has 1 aromatic carbocycles. The van der Waals surface area contributed by atoms with Gasteiger partial charge < -0.3 is 5.11 Å². The fourth-order valence-corrected chi connectivity index (χ4v) is 0.802. The second-order valence-corrected chi connectivity index (χ2v) is 2.08. The minimum absolute atomic E-state index is 0.0399. The van der Waals surface area contributed by atoms with Gasteiger partial charge in [0, 0.05) is 0 Å². The Balaban J connectivity index is 2.74. The van der Waals surface area contributed by atoms with E-state index in [0.29, 0.717) is 5.69 Å². The standard InChI is InChI=1S/C7H9FN2O/c8-10-9-7-3-1-2-6(4-7)5-11/h1-4,9-11H,5H2. The van der Waals surface area contributed by atoms with Crippen LogP contribution in [0.3, 0.4) is 0 Å². The molecule has 0 atom stereocenters. The molecule has 1 aromatic rings. The van der Waals surface area contributed by atoms with Gasteiger partial charge in [-0.1, -0.05) is 17.8 Å². The van der Waals surface area contributed by atoms with E-state index in [9.17, 15) is 4.48 Å². The Labute approximate surface area is 63.8 Å². The zero-order valence-electron chi connectivity index (χ0n) is 5.84. The SMILES string of the molecule is OCc1cccc(NNF)c1. The van der Waals surface area contributed by atoms with Gasteiger partial charge in [-0.15, -0.1) is 4.48 Å². The average molecular weight is 156 g/mol. The van der Waals surface area contributed by atoms with Crippen LogP contribution in [0.5, 0.6) is 0 Å². The summed E-state index contributed by atoms with van der Waals surface area (Å²) in [7, 11) is 0. The van der Waals surface area contributed by atoms with Crippen molar-refractivity contribution in [2.45, 2.75) is 6.61 Å². The topological polar surface area (TPSA) is 44.3 Å². The zero-order chi connectivity index (χ0) is 8.10. The highest BCUT2D eigenvalue weighted by molar-refractivity contribution is 5.44. The van der Waals surface area contributed by atoms with Gasteiger partial charge in [-0.2, -0.15) is 0 Å². The Morgan fingerprint density at radius 3 is 2.91 bits per heavy atom. The molecule has 0 aliphatic rings. The lowest BCUT2D eigenvalue weighted by atomic mass is 10.2. The van der Waals surface area contributed by atoms with Crippen molar-refractivity contribution in [3.63, 3.8) is 0 Å². The van der Waals surface area contributed by atoms with Gasteiger partial charge in [0.2, 0.25) is 0 Å². The summed E-state index contributed by atoms with van der Waals surface area (Å²) in [5.74, 6) is 0. The molecular formula is C7H9FN2O. The lowest BCUT2D eigenvalue weighted by Crippen LogP contribution is -2.09. The molecule has 3 N–H and O–H groups in total. The zero-order valence-corrected chi connectivity index (χ0v) is 5.84. The van der Waals surface area contributed by atoms with Crippen molar-refractivity contribution < 1.29 is 9.59 Å². The maximum absolute atomic E-state index is 11.5. The molecule has 0 fully saturated rings. The van der Waals surface area contributed by atoms with Crippen molar-refractivity contribution in [1.29, 1.82) is 0 Å². The average Bonchev–Trinajstić information content (AvgIpc) is 2.06. The monoisotopic (exact) mass is 156 g/mol. The molecule has 0 spiro atoms. The second-order valence-electron chi connectivity index (χ2n) is 2.08. The number of aliphatic hydroxyl groups is 1. The molecule has 3 nitrogen and oxygen atoms in total. The number of hydrogen-bond donors (Lipinski definition) is 3. The van der Waals surface area contributed by atoms with Gasteiger partial charge in [0.1, 0.15) is 0 Å². The van der Waals surface area contributed by atoms with Gasteiger partial charge in [-0.3, -0.25) is 5.43 Å². The quantitative estimate of drug-likeness (QED) is 0.451. The smallest absolute Gasteiger partial charge is 0.0682 e. The number of rotatable bonds is 3. The largest absolute Gasteiger partial charge is 0.392 e. The van der Waals surface area contributed by atoms with Crippen LogP contribution < -0.4 is 11.1 Å². The van der Waals surface area contributed by atoms with Crippen LogP contribution in [0.1, 0.15) is 5.56 Å². The highest BCUT2D eigenvalue weighted by Gasteiger charge is 1.91. The molecule has 4 heteroatoms. The van der Waals surface area contributed by atoms with E-state index >= 15 is 0 Å². The van der Waals surface area contributed by atoms with E-state index < -0.39 is 0 Å². The normalized spacial score (nSPS) is 9.64. The van der Waals surface area contributed by atoms with Gasteiger partial charge >= 0.3 is 0 Å². The summed E-state index contributed by atoms with van der Waals surface area (Å²) in [6.45, 7) is -0.0399. The van der Waals surface area contributed by atoms with Crippen molar-refractivity contribution in [1.82, 2.24) is 5.65 Å². The summed E-state index contributed by atoms with van der Waals surface area (Å²) < 4.78 is 11.5. The molecule has 0 saturated heterocycles. The summed E-state index contributed by atoms with van der Waals surface area (Å²) in [4.78, 5) is 0. The third-order valence-corrected chi connectivity index (χ3v) is 1.30. The van der Waals surface area contributed by atoms with Crippen molar-refractivity contribution in [2.75, 3.05) is 5.43 Å². The fraction of sp³-hybridized carbons (Fsp3) is 0.143. The van der Waals surface area contributed by atoms with Gasteiger partial charge in [0.05, 0.1) is 12.3 Å². The molecule has 11 heavy (non-hydrogen) atoms. The molecule has 0 unspecified atom stereocenters. The molecule has 60 valence electrons. The Morgan fingerprint density at radius 2 is 2.27 bits per heavy atom. The molecule has 0 amide bonds. The summed E-state index contributed by atoms with van der Waals surface area (Å²) in [5.41, 5.74) is 4.88. The first-order chi connectivity index (χ1) is 5.36. The molecule has 0 aromatic heterocycles. The van der Waals surface area contributed by atoms with Gasteiger partial charge in [0.15, 0.2) is 0 Å². The minimum atomic E-state index is -0.0399. The second kappa shape index (κ2) is 3.90. The molecule has 1 rings (SSSR count). The van der Waals surface area contributed by atoms with Crippen molar-refractivity contribution >= 4 is 5.69 Å².